The lowest BCUT2D eigenvalue weighted by Gasteiger charge is -2.22. The molecule has 2 heterocycles. The fourth-order valence-electron chi connectivity index (χ4n) is 2.28. The molecule has 1 aliphatic heterocycles. The molecule has 1 aliphatic rings. The third-order valence-corrected chi connectivity index (χ3v) is 4.22. The SMILES string of the molecule is CCN(Cc1cc(C#CCN)cs1)CC1CCCO1. The van der Waals surface area contributed by atoms with E-state index < -0.39 is 0 Å². The molecule has 104 valence electrons. The Morgan fingerprint density at radius 2 is 2.47 bits per heavy atom. The van der Waals surface area contributed by atoms with Crippen LogP contribution in [0.4, 0.5) is 0 Å². The van der Waals surface area contributed by atoms with Crippen LogP contribution in [0, 0.1) is 11.8 Å². The van der Waals surface area contributed by atoms with E-state index in [0.29, 0.717) is 12.6 Å². The van der Waals surface area contributed by atoms with Crippen molar-refractivity contribution >= 4 is 11.3 Å². The fourth-order valence-corrected chi connectivity index (χ4v) is 3.14. The van der Waals surface area contributed by atoms with Gasteiger partial charge >= 0.3 is 0 Å². The van der Waals surface area contributed by atoms with E-state index >= 15 is 0 Å². The third-order valence-electron chi connectivity index (χ3n) is 3.30. The molecule has 1 fully saturated rings. The Bertz CT molecular complexity index is 440. The molecule has 2 rings (SSSR count). The summed E-state index contributed by atoms with van der Waals surface area (Å²) in [5.74, 6) is 5.98. The van der Waals surface area contributed by atoms with Gasteiger partial charge in [-0.25, -0.2) is 0 Å². The van der Waals surface area contributed by atoms with Crippen LogP contribution in [0.2, 0.25) is 0 Å². The van der Waals surface area contributed by atoms with E-state index in [9.17, 15) is 0 Å². The molecule has 0 radical (unpaired) electrons. The van der Waals surface area contributed by atoms with Crippen molar-refractivity contribution in [1.29, 1.82) is 0 Å². The molecule has 1 saturated heterocycles. The highest BCUT2D eigenvalue weighted by molar-refractivity contribution is 7.10. The van der Waals surface area contributed by atoms with Crippen LogP contribution in [-0.2, 0) is 11.3 Å². The minimum absolute atomic E-state index is 0.422. The first-order chi connectivity index (χ1) is 9.31. The smallest absolute Gasteiger partial charge is 0.0702 e. The van der Waals surface area contributed by atoms with Crippen molar-refractivity contribution in [1.82, 2.24) is 4.90 Å². The molecule has 1 aromatic heterocycles. The zero-order valence-electron chi connectivity index (χ0n) is 11.5. The van der Waals surface area contributed by atoms with Gasteiger partial charge in [0.2, 0.25) is 0 Å². The minimum atomic E-state index is 0.422. The van der Waals surface area contributed by atoms with E-state index in [1.165, 1.54) is 17.7 Å². The zero-order valence-corrected chi connectivity index (χ0v) is 12.3. The van der Waals surface area contributed by atoms with Crippen LogP contribution in [0.15, 0.2) is 11.4 Å². The quantitative estimate of drug-likeness (QED) is 0.838. The van der Waals surface area contributed by atoms with Gasteiger partial charge in [-0.1, -0.05) is 18.8 Å². The minimum Gasteiger partial charge on any atom is -0.377 e. The molecule has 0 saturated carbocycles. The lowest BCUT2D eigenvalue weighted by Crippen LogP contribution is -2.31. The summed E-state index contributed by atoms with van der Waals surface area (Å²) in [5, 5.41) is 2.11. The van der Waals surface area contributed by atoms with Gasteiger partial charge in [-0.05, 0) is 25.5 Å². The number of hydrogen-bond donors (Lipinski definition) is 1. The van der Waals surface area contributed by atoms with E-state index in [1.807, 2.05) is 0 Å². The molecule has 0 spiro atoms. The van der Waals surface area contributed by atoms with Crippen LogP contribution in [0.1, 0.15) is 30.2 Å². The monoisotopic (exact) mass is 278 g/mol. The van der Waals surface area contributed by atoms with Crippen LogP contribution in [0.5, 0.6) is 0 Å². The molecule has 0 aromatic carbocycles. The Balaban J connectivity index is 1.88. The summed E-state index contributed by atoms with van der Waals surface area (Å²) in [6.07, 6.45) is 2.84. The van der Waals surface area contributed by atoms with Gasteiger partial charge in [0.25, 0.3) is 0 Å². The van der Waals surface area contributed by atoms with Crippen molar-refractivity contribution in [3.8, 4) is 11.8 Å². The first-order valence-electron chi connectivity index (χ1n) is 6.92. The van der Waals surface area contributed by atoms with Crippen molar-refractivity contribution in [2.24, 2.45) is 5.73 Å². The average Bonchev–Trinajstić information content (AvgIpc) is 3.07. The van der Waals surface area contributed by atoms with Crippen molar-refractivity contribution < 1.29 is 4.74 Å². The van der Waals surface area contributed by atoms with Crippen molar-refractivity contribution in [3.63, 3.8) is 0 Å². The number of nitrogens with zero attached hydrogens (tertiary/aromatic N) is 1. The van der Waals surface area contributed by atoms with Gasteiger partial charge in [0.15, 0.2) is 0 Å². The van der Waals surface area contributed by atoms with Crippen LogP contribution < -0.4 is 5.73 Å². The largest absolute Gasteiger partial charge is 0.377 e. The van der Waals surface area contributed by atoms with Gasteiger partial charge in [-0.15, -0.1) is 11.3 Å². The van der Waals surface area contributed by atoms with Crippen LogP contribution in [0.3, 0.4) is 0 Å². The summed E-state index contributed by atoms with van der Waals surface area (Å²) in [6.45, 7) is 6.65. The number of ether oxygens (including phenoxy) is 1. The predicted octanol–water partition coefficient (Wildman–Crippen LogP) is 2.06. The summed E-state index contributed by atoms with van der Waals surface area (Å²) in [5.41, 5.74) is 6.47. The van der Waals surface area contributed by atoms with E-state index in [-0.39, 0.29) is 0 Å². The number of hydrogen-bond acceptors (Lipinski definition) is 4. The zero-order chi connectivity index (χ0) is 13.5. The standard InChI is InChI=1S/C15H22N2OS/c1-2-17(10-14-6-4-8-18-14)11-15-9-13(12-19-15)5-3-7-16/h9,12,14H,2,4,6-8,10-11,16H2,1H3. The van der Waals surface area contributed by atoms with Gasteiger partial charge in [-0.2, -0.15) is 0 Å². The molecule has 0 amide bonds. The van der Waals surface area contributed by atoms with Gasteiger partial charge in [0, 0.05) is 35.5 Å². The molecule has 2 N–H and O–H groups in total. The molecule has 1 aromatic rings. The van der Waals surface area contributed by atoms with E-state index in [4.69, 9.17) is 10.5 Å². The maximum atomic E-state index is 5.71. The van der Waals surface area contributed by atoms with Crippen LogP contribution >= 0.6 is 11.3 Å². The molecule has 0 aliphatic carbocycles. The molecule has 1 unspecified atom stereocenters. The fraction of sp³-hybridized carbons (Fsp3) is 0.600. The van der Waals surface area contributed by atoms with Gasteiger partial charge in [0.05, 0.1) is 12.6 Å². The highest BCUT2D eigenvalue weighted by atomic mass is 32.1. The third kappa shape index (κ3) is 4.63. The summed E-state index contributed by atoms with van der Waals surface area (Å²) in [7, 11) is 0. The summed E-state index contributed by atoms with van der Waals surface area (Å²) < 4.78 is 5.71. The number of nitrogens with two attached hydrogens (primary N) is 1. The maximum Gasteiger partial charge on any atom is 0.0702 e. The summed E-state index contributed by atoms with van der Waals surface area (Å²) >= 11 is 1.78. The second-order valence-electron chi connectivity index (χ2n) is 4.77. The summed E-state index contributed by atoms with van der Waals surface area (Å²) in [4.78, 5) is 3.81. The molecular weight excluding hydrogens is 256 g/mol. The molecule has 0 bridgehead atoms. The van der Waals surface area contributed by atoms with E-state index in [2.05, 4.69) is 35.1 Å². The molecule has 3 nitrogen and oxygen atoms in total. The number of thiophene rings is 1. The van der Waals surface area contributed by atoms with Crippen molar-refractivity contribution in [3.05, 3.63) is 21.9 Å². The Hall–Kier alpha value is -0.860. The normalized spacial score (nSPS) is 18.6. The number of likely N-dealkylation sites (N-methyl/N-ethyl adjacent to an activating group) is 1. The molecular formula is C15H22N2OS. The Morgan fingerprint density at radius 1 is 1.58 bits per heavy atom. The summed E-state index contributed by atoms with van der Waals surface area (Å²) in [6, 6.07) is 2.17. The Labute approximate surface area is 119 Å². The van der Waals surface area contributed by atoms with Crippen LogP contribution in [0.25, 0.3) is 0 Å². The Morgan fingerprint density at radius 3 is 3.16 bits per heavy atom. The topological polar surface area (TPSA) is 38.5 Å². The lowest BCUT2D eigenvalue weighted by molar-refractivity contribution is 0.0728. The first kappa shape index (κ1) is 14.5. The van der Waals surface area contributed by atoms with Crippen molar-refractivity contribution in [2.45, 2.75) is 32.4 Å². The van der Waals surface area contributed by atoms with Gasteiger partial charge in [0.1, 0.15) is 0 Å². The molecule has 1 atom stereocenters. The van der Waals surface area contributed by atoms with E-state index in [0.717, 1.165) is 31.8 Å². The van der Waals surface area contributed by atoms with Crippen molar-refractivity contribution in [2.75, 3.05) is 26.2 Å². The second kappa shape index (κ2) is 7.66. The number of rotatable bonds is 5. The second-order valence-corrected chi connectivity index (χ2v) is 5.77. The predicted molar refractivity (Wildman–Crippen MR) is 80.2 cm³/mol. The van der Waals surface area contributed by atoms with Crippen LogP contribution in [-0.4, -0.2) is 37.2 Å². The highest BCUT2D eigenvalue weighted by Gasteiger charge is 2.18. The van der Waals surface area contributed by atoms with E-state index in [1.54, 1.807) is 11.3 Å². The van der Waals surface area contributed by atoms with Gasteiger partial charge < -0.3 is 10.5 Å². The Kier molecular flexibility index (Phi) is 5.87. The first-order valence-corrected chi connectivity index (χ1v) is 7.80. The van der Waals surface area contributed by atoms with Gasteiger partial charge in [-0.3, -0.25) is 4.90 Å². The maximum absolute atomic E-state index is 5.71. The molecule has 4 heteroatoms. The lowest BCUT2D eigenvalue weighted by atomic mass is 10.2. The highest BCUT2D eigenvalue weighted by Crippen LogP contribution is 2.18. The average molecular weight is 278 g/mol. The molecule has 19 heavy (non-hydrogen) atoms.